The lowest BCUT2D eigenvalue weighted by Gasteiger charge is -2.10. The molecule has 0 spiro atoms. The van der Waals surface area contributed by atoms with Gasteiger partial charge in [-0.3, -0.25) is 4.99 Å². The molecule has 1 aliphatic heterocycles. The van der Waals surface area contributed by atoms with Crippen LogP contribution in [0.15, 0.2) is 35.3 Å². The minimum Gasteiger partial charge on any atom is -0.293 e. The largest absolute Gasteiger partial charge is 0.293 e. The Morgan fingerprint density at radius 3 is 2.77 bits per heavy atom. The van der Waals surface area contributed by atoms with Crippen LogP contribution in [0.3, 0.4) is 0 Å². The summed E-state index contributed by atoms with van der Waals surface area (Å²) >= 11 is 0. The smallest absolute Gasteiger partial charge is 0.0572 e. The van der Waals surface area contributed by atoms with Gasteiger partial charge >= 0.3 is 0 Å². The highest BCUT2D eigenvalue weighted by atomic mass is 14.7. The number of hydrogen-bond acceptors (Lipinski definition) is 1. The van der Waals surface area contributed by atoms with Crippen molar-refractivity contribution in [3.63, 3.8) is 0 Å². The highest BCUT2D eigenvalue weighted by Crippen LogP contribution is 2.22. The van der Waals surface area contributed by atoms with E-state index < -0.39 is 0 Å². The van der Waals surface area contributed by atoms with Crippen molar-refractivity contribution in [2.45, 2.75) is 13.3 Å². The molecule has 0 aliphatic carbocycles. The molecule has 0 aromatic heterocycles. The number of benzene rings is 1. The van der Waals surface area contributed by atoms with Crippen LogP contribution in [0.1, 0.15) is 17.5 Å². The van der Waals surface area contributed by atoms with Crippen LogP contribution in [0, 0.1) is 6.92 Å². The van der Waals surface area contributed by atoms with E-state index in [0.717, 1.165) is 13.0 Å². The summed E-state index contributed by atoms with van der Waals surface area (Å²) in [5.41, 5.74) is 4.13. The van der Waals surface area contributed by atoms with E-state index in [-0.39, 0.29) is 0 Å². The van der Waals surface area contributed by atoms with Crippen LogP contribution in [0.25, 0.3) is 5.57 Å². The van der Waals surface area contributed by atoms with Crippen LogP contribution in [0.2, 0.25) is 0 Å². The van der Waals surface area contributed by atoms with E-state index >= 15 is 0 Å². The molecule has 0 bridgehead atoms. The van der Waals surface area contributed by atoms with E-state index in [2.05, 4.69) is 42.3 Å². The van der Waals surface area contributed by atoms with Gasteiger partial charge in [0.25, 0.3) is 0 Å². The van der Waals surface area contributed by atoms with Gasteiger partial charge in [0.05, 0.1) is 6.54 Å². The molecule has 0 fully saturated rings. The van der Waals surface area contributed by atoms with Crippen LogP contribution in [-0.2, 0) is 0 Å². The minimum atomic E-state index is 0.837. The molecule has 1 nitrogen and oxygen atoms in total. The predicted octanol–water partition coefficient (Wildman–Crippen LogP) is 2.85. The fraction of sp³-hybridized carbons (Fsp3) is 0.250. The molecule has 0 saturated carbocycles. The van der Waals surface area contributed by atoms with Crippen molar-refractivity contribution in [3.8, 4) is 0 Å². The number of aryl methyl sites for hydroxylation is 1. The zero-order chi connectivity index (χ0) is 9.10. The van der Waals surface area contributed by atoms with Gasteiger partial charge in [0.2, 0.25) is 0 Å². The molecule has 0 atom stereocenters. The molecule has 0 radical (unpaired) electrons. The Bertz CT molecular complexity index is 361. The van der Waals surface area contributed by atoms with Crippen LogP contribution >= 0.6 is 0 Å². The first-order chi connectivity index (χ1) is 6.38. The summed E-state index contributed by atoms with van der Waals surface area (Å²) in [4.78, 5) is 4.18. The summed E-state index contributed by atoms with van der Waals surface area (Å²) in [5, 5.41) is 0. The van der Waals surface area contributed by atoms with Gasteiger partial charge in [0, 0.05) is 12.6 Å². The van der Waals surface area contributed by atoms with Crippen LogP contribution in [0.5, 0.6) is 0 Å². The van der Waals surface area contributed by atoms with E-state index in [1.807, 2.05) is 6.21 Å². The standard InChI is InChI=1S/C12H13N/c1-10-4-2-3-5-12(10)11-6-8-13-9-7-11/h2-6,9H,7-8H2,1H3. The lowest BCUT2D eigenvalue weighted by atomic mass is 9.97. The second-order valence-electron chi connectivity index (χ2n) is 3.30. The van der Waals surface area contributed by atoms with E-state index in [0.29, 0.717) is 0 Å². The fourth-order valence-electron chi connectivity index (χ4n) is 1.64. The van der Waals surface area contributed by atoms with Crippen LogP contribution in [0.4, 0.5) is 0 Å². The van der Waals surface area contributed by atoms with Gasteiger partial charge in [0.15, 0.2) is 0 Å². The first-order valence-electron chi connectivity index (χ1n) is 4.61. The molecule has 66 valence electrons. The maximum absolute atomic E-state index is 4.18. The summed E-state index contributed by atoms with van der Waals surface area (Å²) < 4.78 is 0. The molecule has 13 heavy (non-hydrogen) atoms. The first kappa shape index (κ1) is 8.24. The molecule has 1 heteroatoms. The average molecular weight is 171 g/mol. The van der Waals surface area contributed by atoms with Crippen molar-refractivity contribution >= 4 is 11.8 Å². The third-order valence-electron chi connectivity index (χ3n) is 2.37. The Morgan fingerprint density at radius 1 is 1.23 bits per heavy atom. The molecule has 1 aromatic rings. The monoisotopic (exact) mass is 171 g/mol. The van der Waals surface area contributed by atoms with Crippen molar-refractivity contribution in [1.29, 1.82) is 0 Å². The molecule has 2 rings (SSSR count). The maximum atomic E-state index is 4.18. The highest BCUT2D eigenvalue weighted by Gasteiger charge is 2.04. The molecule has 0 unspecified atom stereocenters. The van der Waals surface area contributed by atoms with Gasteiger partial charge < -0.3 is 0 Å². The van der Waals surface area contributed by atoms with Crippen molar-refractivity contribution in [1.82, 2.24) is 0 Å². The van der Waals surface area contributed by atoms with Crippen molar-refractivity contribution < 1.29 is 0 Å². The summed E-state index contributed by atoms with van der Waals surface area (Å²) in [6.07, 6.45) is 5.19. The topological polar surface area (TPSA) is 12.4 Å². The van der Waals surface area contributed by atoms with Gasteiger partial charge in [0.1, 0.15) is 0 Å². The van der Waals surface area contributed by atoms with E-state index in [9.17, 15) is 0 Å². The van der Waals surface area contributed by atoms with Gasteiger partial charge in [-0.15, -0.1) is 0 Å². The Kier molecular flexibility index (Phi) is 2.26. The van der Waals surface area contributed by atoms with Gasteiger partial charge in [-0.2, -0.15) is 0 Å². The molecule has 1 aromatic carbocycles. The van der Waals surface area contributed by atoms with Gasteiger partial charge in [-0.05, 0) is 23.6 Å². The maximum Gasteiger partial charge on any atom is 0.0572 e. The number of allylic oxidation sites excluding steroid dienone is 1. The lowest BCUT2D eigenvalue weighted by Crippen LogP contribution is -1.95. The van der Waals surface area contributed by atoms with Gasteiger partial charge in [-0.25, -0.2) is 0 Å². The number of hydrogen-bond donors (Lipinski definition) is 0. The fourth-order valence-corrected chi connectivity index (χ4v) is 1.64. The summed E-state index contributed by atoms with van der Waals surface area (Å²) in [6, 6.07) is 8.51. The second-order valence-corrected chi connectivity index (χ2v) is 3.30. The van der Waals surface area contributed by atoms with E-state index in [1.54, 1.807) is 0 Å². The summed E-state index contributed by atoms with van der Waals surface area (Å²) in [7, 11) is 0. The third kappa shape index (κ3) is 1.69. The van der Waals surface area contributed by atoms with Gasteiger partial charge in [-0.1, -0.05) is 30.3 Å². The molecular weight excluding hydrogens is 158 g/mol. The quantitative estimate of drug-likeness (QED) is 0.616. The van der Waals surface area contributed by atoms with E-state index in [4.69, 9.17) is 0 Å². The Morgan fingerprint density at radius 2 is 2.08 bits per heavy atom. The third-order valence-corrected chi connectivity index (χ3v) is 2.37. The SMILES string of the molecule is Cc1ccccc1C1=CCN=CC1. The number of dihydropyridines is 1. The number of nitrogens with zero attached hydrogens (tertiary/aromatic N) is 1. The first-order valence-corrected chi connectivity index (χ1v) is 4.61. The zero-order valence-electron chi connectivity index (χ0n) is 7.83. The van der Waals surface area contributed by atoms with Crippen molar-refractivity contribution in [3.05, 3.63) is 41.5 Å². The summed E-state index contributed by atoms with van der Waals surface area (Å²) in [6.45, 7) is 2.99. The van der Waals surface area contributed by atoms with Crippen LogP contribution < -0.4 is 0 Å². The molecule has 0 saturated heterocycles. The molecule has 1 aliphatic rings. The number of aliphatic imine (C=N–C) groups is 1. The molecule has 1 heterocycles. The molecular formula is C12H13N. The molecule has 0 amide bonds. The lowest BCUT2D eigenvalue weighted by molar-refractivity contribution is 1.20. The van der Waals surface area contributed by atoms with Crippen LogP contribution in [-0.4, -0.2) is 12.8 Å². The van der Waals surface area contributed by atoms with E-state index in [1.165, 1.54) is 16.7 Å². The number of rotatable bonds is 1. The Balaban J connectivity index is 2.35. The van der Waals surface area contributed by atoms with Crippen molar-refractivity contribution in [2.75, 3.05) is 6.54 Å². The highest BCUT2D eigenvalue weighted by molar-refractivity contribution is 5.82. The summed E-state index contributed by atoms with van der Waals surface area (Å²) in [5.74, 6) is 0. The average Bonchev–Trinajstić information content (AvgIpc) is 2.20. The second kappa shape index (κ2) is 3.56. The normalized spacial score (nSPS) is 15.6. The Labute approximate surface area is 78.8 Å². The van der Waals surface area contributed by atoms with Crippen molar-refractivity contribution in [2.24, 2.45) is 4.99 Å². The molecule has 0 N–H and O–H groups in total. The minimum absolute atomic E-state index is 0.837. The predicted molar refractivity (Wildman–Crippen MR) is 57.1 cm³/mol. The zero-order valence-corrected chi connectivity index (χ0v) is 7.83. The Hall–Kier alpha value is -1.37.